The number of carboxylic acids is 1. The Bertz CT molecular complexity index is 466. The summed E-state index contributed by atoms with van der Waals surface area (Å²) in [6.07, 6.45) is 0.933. The molecule has 0 aliphatic rings. The number of anilines is 1. The molecule has 0 aliphatic heterocycles. The largest absolute Gasteiger partial charge is 0.480 e. The Balaban J connectivity index is 2.79. The zero-order valence-corrected chi connectivity index (χ0v) is 11.7. The molecule has 1 aromatic rings. The number of amides is 2. The Morgan fingerprint density at radius 2 is 1.79 bits per heavy atom. The third-order valence-corrected chi connectivity index (χ3v) is 2.99. The van der Waals surface area contributed by atoms with Crippen molar-refractivity contribution in [1.29, 1.82) is 0 Å². The molecule has 2 N–H and O–H groups in total. The average molecular weight is 264 g/mol. The van der Waals surface area contributed by atoms with Gasteiger partial charge in [0.1, 0.15) is 5.54 Å². The van der Waals surface area contributed by atoms with E-state index in [1.165, 1.54) is 24.3 Å². The summed E-state index contributed by atoms with van der Waals surface area (Å²) in [5.41, 5.74) is 0.605. The normalized spacial score (nSPS) is 10.9. The van der Waals surface area contributed by atoms with Crippen molar-refractivity contribution in [3.63, 3.8) is 0 Å². The van der Waals surface area contributed by atoms with E-state index in [-0.39, 0.29) is 0 Å². The van der Waals surface area contributed by atoms with Crippen molar-refractivity contribution in [3.8, 4) is 0 Å². The van der Waals surface area contributed by atoms with Gasteiger partial charge >= 0.3 is 12.0 Å². The summed E-state index contributed by atoms with van der Waals surface area (Å²) in [5.74, 6) is -1.07. The van der Waals surface area contributed by atoms with Gasteiger partial charge in [-0.25, -0.2) is 9.59 Å². The van der Waals surface area contributed by atoms with E-state index in [9.17, 15) is 9.59 Å². The number of hydrogen-bond acceptors (Lipinski definition) is 2. The fourth-order valence-electron chi connectivity index (χ4n) is 1.48. The molecule has 104 valence electrons. The lowest BCUT2D eigenvalue weighted by atomic mass is 10.1. The number of aliphatic carboxylic acids is 1. The average Bonchev–Trinajstić information content (AvgIpc) is 2.37. The van der Waals surface area contributed by atoms with Crippen LogP contribution in [-0.2, 0) is 11.2 Å². The molecule has 0 saturated carbocycles. The van der Waals surface area contributed by atoms with Crippen LogP contribution in [-0.4, -0.2) is 29.7 Å². The number of nitrogens with one attached hydrogen (secondary N) is 1. The Kier molecular flexibility index (Phi) is 4.53. The number of carboxylic acid groups (broad SMARTS) is 1. The van der Waals surface area contributed by atoms with Crippen LogP contribution < -0.4 is 10.2 Å². The molecule has 5 nitrogen and oxygen atoms in total. The first-order valence-electron chi connectivity index (χ1n) is 6.16. The van der Waals surface area contributed by atoms with E-state index in [1.807, 2.05) is 24.3 Å². The van der Waals surface area contributed by atoms with Crippen LogP contribution in [0.2, 0.25) is 0 Å². The molecule has 0 spiro atoms. The zero-order valence-electron chi connectivity index (χ0n) is 11.7. The van der Waals surface area contributed by atoms with Crippen LogP contribution in [0, 0.1) is 0 Å². The first-order valence-corrected chi connectivity index (χ1v) is 6.16. The van der Waals surface area contributed by atoms with Gasteiger partial charge in [-0.1, -0.05) is 19.1 Å². The van der Waals surface area contributed by atoms with E-state index in [0.717, 1.165) is 12.1 Å². The molecule has 0 aliphatic carbocycles. The van der Waals surface area contributed by atoms with Gasteiger partial charge in [-0.15, -0.1) is 0 Å². The van der Waals surface area contributed by atoms with Crippen molar-refractivity contribution in [2.75, 3.05) is 11.9 Å². The monoisotopic (exact) mass is 264 g/mol. The van der Waals surface area contributed by atoms with Crippen LogP contribution in [0.25, 0.3) is 0 Å². The molecule has 0 aromatic heterocycles. The molecule has 0 heterocycles. The van der Waals surface area contributed by atoms with Crippen molar-refractivity contribution in [3.05, 3.63) is 29.8 Å². The van der Waals surface area contributed by atoms with E-state index in [2.05, 4.69) is 12.2 Å². The minimum atomic E-state index is -1.30. The second kappa shape index (κ2) is 5.73. The minimum Gasteiger partial charge on any atom is -0.480 e. The molecule has 5 heteroatoms. The first-order chi connectivity index (χ1) is 8.77. The number of carbonyl (C=O) groups is 2. The lowest BCUT2D eigenvalue weighted by molar-refractivity contribution is -0.142. The molecular formula is C14H20N2O3. The van der Waals surface area contributed by atoms with Crippen molar-refractivity contribution in [2.24, 2.45) is 0 Å². The maximum absolute atomic E-state index is 12.0. The van der Waals surface area contributed by atoms with Gasteiger partial charge in [0.2, 0.25) is 0 Å². The van der Waals surface area contributed by atoms with Gasteiger partial charge in [-0.3, -0.25) is 4.90 Å². The van der Waals surface area contributed by atoms with Gasteiger partial charge in [0, 0.05) is 12.7 Å². The number of benzene rings is 1. The fraction of sp³-hybridized carbons (Fsp3) is 0.429. The molecule has 0 fully saturated rings. The van der Waals surface area contributed by atoms with Crippen LogP contribution in [0.3, 0.4) is 0 Å². The summed E-state index contributed by atoms with van der Waals surface area (Å²) in [6, 6.07) is 7.12. The number of carbonyl (C=O) groups excluding carboxylic acids is 1. The van der Waals surface area contributed by atoms with Gasteiger partial charge in [-0.2, -0.15) is 0 Å². The summed E-state index contributed by atoms with van der Waals surface area (Å²) in [7, 11) is 1.61. The second-order valence-electron chi connectivity index (χ2n) is 4.94. The van der Waals surface area contributed by atoms with Crippen LogP contribution in [0.5, 0.6) is 0 Å². The molecule has 1 rings (SSSR count). The number of aryl methyl sites for hydroxylation is 1. The van der Waals surface area contributed by atoms with Crippen molar-refractivity contribution in [1.82, 2.24) is 5.32 Å². The van der Waals surface area contributed by atoms with E-state index >= 15 is 0 Å². The molecule has 0 unspecified atom stereocenters. The first kappa shape index (κ1) is 15.0. The van der Waals surface area contributed by atoms with Crippen molar-refractivity contribution in [2.45, 2.75) is 32.7 Å². The summed E-state index contributed by atoms with van der Waals surface area (Å²) >= 11 is 0. The highest BCUT2D eigenvalue weighted by molar-refractivity contribution is 5.95. The fourth-order valence-corrected chi connectivity index (χ4v) is 1.48. The quantitative estimate of drug-likeness (QED) is 0.876. The number of urea groups is 1. The Morgan fingerprint density at radius 1 is 1.26 bits per heavy atom. The van der Waals surface area contributed by atoms with Crippen molar-refractivity contribution >= 4 is 17.7 Å². The molecular weight excluding hydrogens is 244 g/mol. The number of rotatable bonds is 4. The Morgan fingerprint density at radius 3 is 2.21 bits per heavy atom. The highest BCUT2D eigenvalue weighted by Gasteiger charge is 2.30. The van der Waals surface area contributed by atoms with Gasteiger partial charge < -0.3 is 10.4 Å². The summed E-state index contributed by atoms with van der Waals surface area (Å²) in [4.78, 5) is 24.3. The molecule has 19 heavy (non-hydrogen) atoms. The van der Waals surface area contributed by atoms with Crippen LogP contribution in [0.1, 0.15) is 26.3 Å². The van der Waals surface area contributed by atoms with Crippen LogP contribution in [0.15, 0.2) is 24.3 Å². The molecule has 0 bridgehead atoms. The highest BCUT2D eigenvalue weighted by atomic mass is 16.4. The third-order valence-electron chi connectivity index (χ3n) is 2.99. The molecule has 0 radical (unpaired) electrons. The molecule has 1 aromatic carbocycles. The van der Waals surface area contributed by atoms with Gasteiger partial charge in [0.25, 0.3) is 0 Å². The molecule has 0 atom stereocenters. The number of hydrogen-bond donors (Lipinski definition) is 2. The maximum atomic E-state index is 12.0. The lowest BCUT2D eigenvalue weighted by Gasteiger charge is -2.25. The Hall–Kier alpha value is -2.04. The van der Waals surface area contributed by atoms with E-state index in [4.69, 9.17) is 5.11 Å². The van der Waals surface area contributed by atoms with Crippen molar-refractivity contribution < 1.29 is 14.7 Å². The van der Waals surface area contributed by atoms with E-state index in [0.29, 0.717) is 0 Å². The SMILES string of the molecule is CCc1ccc(N(C)C(=O)NC(C)(C)C(=O)O)cc1. The maximum Gasteiger partial charge on any atom is 0.328 e. The lowest BCUT2D eigenvalue weighted by Crippen LogP contribution is -2.53. The summed E-state index contributed by atoms with van der Waals surface area (Å²) in [6.45, 7) is 4.95. The van der Waals surface area contributed by atoms with Gasteiger partial charge in [0.05, 0.1) is 0 Å². The predicted octanol–water partition coefficient (Wildman–Crippen LogP) is 2.26. The topological polar surface area (TPSA) is 69.6 Å². The van der Waals surface area contributed by atoms with Crippen LogP contribution >= 0.6 is 0 Å². The standard InChI is InChI=1S/C14H20N2O3/c1-5-10-6-8-11(9-7-10)16(4)13(19)15-14(2,3)12(17)18/h6-9H,5H2,1-4H3,(H,15,19)(H,17,18). The van der Waals surface area contributed by atoms with Gasteiger partial charge in [0.15, 0.2) is 0 Å². The Labute approximate surface area is 113 Å². The molecule has 0 saturated heterocycles. The highest BCUT2D eigenvalue weighted by Crippen LogP contribution is 2.15. The summed E-state index contributed by atoms with van der Waals surface area (Å²) < 4.78 is 0. The van der Waals surface area contributed by atoms with Gasteiger partial charge in [-0.05, 0) is 38.0 Å². The molecule has 2 amide bonds. The number of nitrogens with zero attached hydrogens (tertiary/aromatic N) is 1. The predicted molar refractivity (Wildman–Crippen MR) is 74.5 cm³/mol. The van der Waals surface area contributed by atoms with E-state index < -0.39 is 17.5 Å². The van der Waals surface area contributed by atoms with Crippen LogP contribution in [0.4, 0.5) is 10.5 Å². The third kappa shape index (κ3) is 3.71. The summed E-state index contributed by atoms with van der Waals surface area (Å²) in [5, 5.41) is 11.4. The second-order valence-corrected chi connectivity index (χ2v) is 4.94. The zero-order chi connectivity index (χ0) is 14.6. The van der Waals surface area contributed by atoms with E-state index in [1.54, 1.807) is 7.05 Å². The smallest absolute Gasteiger partial charge is 0.328 e. The minimum absolute atomic E-state index is 0.448.